The van der Waals surface area contributed by atoms with Crippen LogP contribution in [0.15, 0.2) is 48.5 Å². The number of ether oxygens (including phenoxy) is 1. The lowest BCUT2D eigenvalue weighted by atomic mass is 10.1. The van der Waals surface area contributed by atoms with Crippen molar-refractivity contribution >= 4 is 28.7 Å². The molecule has 2 heterocycles. The molecule has 3 aromatic rings. The number of hydrogen-bond acceptors (Lipinski definition) is 4. The molecule has 1 aromatic carbocycles. The predicted octanol–water partition coefficient (Wildman–Crippen LogP) is 4.50. The van der Waals surface area contributed by atoms with Crippen molar-refractivity contribution in [3.8, 4) is 0 Å². The van der Waals surface area contributed by atoms with Gasteiger partial charge in [-0.3, -0.25) is 4.79 Å². The number of ketones is 1. The van der Waals surface area contributed by atoms with Gasteiger partial charge in [0.15, 0.2) is 6.61 Å². The van der Waals surface area contributed by atoms with Crippen molar-refractivity contribution in [3.63, 3.8) is 0 Å². The van der Waals surface area contributed by atoms with E-state index in [1.807, 2.05) is 56.3 Å². The first-order valence-electron chi connectivity index (χ1n) is 9.40. The van der Waals surface area contributed by atoms with Crippen LogP contribution in [-0.4, -0.2) is 27.9 Å². The van der Waals surface area contributed by atoms with Crippen LogP contribution in [0.5, 0.6) is 0 Å². The molecule has 0 N–H and O–H groups in total. The molecule has 2 aromatic heterocycles. The average Bonchev–Trinajstić information content (AvgIpc) is 2.99. The molecule has 0 atom stereocenters. The molecular formula is C23H24N2O3. The van der Waals surface area contributed by atoms with Gasteiger partial charge in [0.2, 0.25) is 5.78 Å². The lowest BCUT2D eigenvalue weighted by Gasteiger charge is -2.07. The van der Waals surface area contributed by atoms with Gasteiger partial charge in [0.05, 0.1) is 11.2 Å². The molecule has 144 valence electrons. The van der Waals surface area contributed by atoms with Crippen LogP contribution in [0.3, 0.4) is 0 Å². The quantitative estimate of drug-likeness (QED) is 0.346. The van der Waals surface area contributed by atoms with Crippen LogP contribution >= 0.6 is 0 Å². The highest BCUT2D eigenvalue weighted by Gasteiger charge is 2.16. The van der Waals surface area contributed by atoms with E-state index in [1.54, 1.807) is 6.08 Å². The Labute approximate surface area is 164 Å². The third-order valence-corrected chi connectivity index (χ3v) is 4.68. The van der Waals surface area contributed by atoms with Crippen molar-refractivity contribution < 1.29 is 14.3 Å². The lowest BCUT2D eigenvalue weighted by molar-refractivity contribution is -0.136. The van der Waals surface area contributed by atoms with Crippen molar-refractivity contribution in [2.45, 2.75) is 33.7 Å². The maximum Gasteiger partial charge on any atom is 0.331 e. The summed E-state index contributed by atoms with van der Waals surface area (Å²) >= 11 is 0. The molecule has 5 nitrogen and oxygen atoms in total. The zero-order valence-electron chi connectivity index (χ0n) is 16.4. The molecule has 0 spiro atoms. The number of hydrogen-bond donors (Lipinski definition) is 0. The van der Waals surface area contributed by atoms with Gasteiger partial charge in [0.25, 0.3) is 0 Å². The Morgan fingerprint density at radius 3 is 2.71 bits per heavy atom. The SMILES string of the molecule is CCCn1c(C)cc(C(=O)COC(=O)/C=C/c2ccc3ccccc3n2)c1C. The number of fused-ring (bicyclic) bond motifs is 1. The Hall–Kier alpha value is -3.21. The van der Waals surface area contributed by atoms with E-state index >= 15 is 0 Å². The normalized spacial score (nSPS) is 11.2. The summed E-state index contributed by atoms with van der Waals surface area (Å²) in [5, 5.41) is 1.04. The van der Waals surface area contributed by atoms with Gasteiger partial charge >= 0.3 is 5.97 Å². The molecular weight excluding hydrogens is 352 g/mol. The van der Waals surface area contributed by atoms with Gasteiger partial charge in [-0.15, -0.1) is 0 Å². The van der Waals surface area contributed by atoms with Gasteiger partial charge in [-0.25, -0.2) is 9.78 Å². The summed E-state index contributed by atoms with van der Waals surface area (Å²) in [6.07, 6.45) is 3.88. The third kappa shape index (κ3) is 4.36. The predicted molar refractivity (Wildman–Crippen MR) is 110 cm³/mol. The van der Waals surface area contributed by atoms with Gasteiger partial charge in [0, 0.05) is 35.0 Å². The number of para-hydroxylation sites is 1. The highest BCUT2D eigenvalue weighted by Crippen LogP contribution is 2.17. The van der Waals surface area contributed by atoms with Crippen LogP contribution in [0.2, 0.25) is 0 Å². The van der Waals surface area contributed by atoms with Crippen LogP contribution in [0, 0.1) is 13.8 Å². The number of pyridine rings is 1. The number of nitrogens with zero attached hydrogens (tertiary/aromatic N) is 2. The van der Waals surface area contributed by atoms with Crippen LogP contribution in [0.4, 0.5) is 0 Å². The monoisotopic (exact) mass is 376 g/mol. The maximum absolute atomic E-state index is 12.4. The molecule has 0 bridgehead atoms. The summed E-state index contributed by atoms with van der Waals surface area (Å²) in [5.41, 5.74) is 4.08. The van der Waals surface area contributed by atoms with Crippen molar-refractivity contribution in [2.75, 3.05) is 6.61 Å². The summed E-state index contributed by atoms with van der Waals surface area (Å²) in [6.45, 7) is 6.59. The van der Waals surface area contributed by atoms with Crippen molar-refractivity contribution in [1.29, 1.82) is 0 Å². The van der Waals surface area contributed by atoms with Crippen molar-refractivity contribution in [1.82, 2.24) is 9.55 Å². The first kappa shape index (κ1) is 19.5. The first-order chi connectivity index (χ1) is 13.5. The second-order valence-corrected chi connectivity index (χ2v) is 6.73. The molecule has 0 fully saturated rings. The second-order valence-electron chi connectivity index (χ2n) is 6.73. The zero-order chi connectivity index (χ0) is 20.1. The van der Waals surface area contributed by atoms with Gasteiger partial charge in [-0.2, -0.15) is 0 Å². The number of carbonyl (C=O) groups is 2. The summed E-state index contributed by atoms with van der Waals surface area (Å²) in [5.74, 6) is -0.758. The number of esters is 1. The number of carbonyl (C=O) groups excluding carboxylic acids is 2. The zero-order valence-corrected chi connectivity index (χ0v) is 16.4. The van der Waals surface area contributed by atoms with Gasteiger partial charge in [-0.05, 0) is 44.5 Å². The molecule has 0 aliphatic rings. The Bertz CT molecular complexity index is 1050. The molecule has 0 aliphatic carbocycles. The molecule has 0 saturated heterocycles. The second kappa shape index (κ2) is 8.65. The minimum Gasteiger partial charge on any atom is -0.454 e. The smallest absolute Gasteiger partial charge is 0.331 e. The van der Waals surface area contributed by atoms with E-state index < -0.39 is 5.97 Å². The molecule has 0 saturated carbocycles. The van der Waals surface area contributed by atoms with Gasteiger partial charge < -0.3 is 9.30 Å². The Kier molecular flexibility index (Phi) is 6.04. The minimum atomic E-state index is -0.564. The van der Waals surface area contributed by atoms with E-state index in [-0.39, 0.29) is 12.4 Å². The van der Waals surface area contributed by atoms with E-state index in [0.29, 0.717) is 11.3 Å². The number of Topliss-reactive ketones (excluding diaryl/α,β-unsaturated/α-hetero) is 1. The van der Waals surface area contributed by atoms with Crippen LogP contribution in [0.25, 0.3) is 17.0 Å². The van der Waals surface area contributed by atoms with E-state index in [9.17, 15) is 9.59 Å². The Morgan fingerprint density at radius 1 is 1.14 bits per heavy atom. The molecule has 0 unspecified atom stereocenters. The van der Waals surface area contributed by atoms with Crippen molar-refractivity contribution in [3.05, 3.63) is 71.2 Å². The minimum absolute atomic E-state index is 0.193. The molecule has 0 aliphatic heterocycles. The molecule has 28 heavy (non-hydrogen) atoms. The third-order valence-electron chi connectivity index (χ3n) is 4.68. The number of rotatable bonds is 7. The number of benzene rings is 1. The lowest BCUT2D eigenvalue weighted by Crippen LogP contribution is -2.13. The Morgan fingerprint density at radius 2 is 1.93 bits per heavy atom. The van der Waals surface area contributed by atoms with Crippen LogP contribution < -0.4 is 0 Å². The topological polar surface area (TPSA) is 61.2 Å². The fraction of sp³-hybridized carbons (Fsp3) is 0.261. The van der Waals surface area contributed by atoms with E-state index in [0.717, 1.165) is 35.3 Å². The van der Waals surface area contributed by atoms with E-state index in [4.69, 9.17) is 4.74 Å². The van der Waals surface area contributed by atoms with Crippen LogP contribution in [-0.2, 0) is 16.1 Å². The van der Waals surface area contributed by atoms with Crippen molar-refractivity contribution in [2.24, 2.45) is 0 Å². The number of aromatic nitrogens is 2. The van der Waals surface area contributed by atoms with E-state index in [1.165, 1.54) is 6.08 Å². The van der Waals surface area contributed by atoms with E-state index in [2.05, 4.69) is 16.5 Å². The average molecular weight is 376 g/mol. The summed E-state index contributed by atoms with van der Waals surface area (Å²) < 4.78 is 7.23. The molecule has 0 amide bonds. The van der Waals surface area contributed by atoms with Gasteiger partial charge in [0.1, 0.15) is 0 Å². The maximum atomic E-state index is 12.4. The largest absolute Gasteiger partial charge is 0.454 e. The highest BCUT2D eigenvalue weighted by atomic mass is 16.5. The standard InChI is InChI=1S/C23H24N2O3/c1-4-13-25-16(2)14-20(17(25)3)22(26)15-28-23(27)12-11-19-10-9-18-7-5-6-8-21(18)24-19/h5-12,14H,4,13,15H2,1-3H3/b12-11+. The fourth-order valence-corrected chi connectivity index (χ4v) is 3.24. The summed E-state index contributed by atoms with van der Waals surface area (Å²) in [7, 11) is 0. The summed E-state index contributed by atoms with van der Waals surface area (Å²) in [4.78, 5) is 28.9. The fourth-order valence-electron chi connectivity index (χ4n) is 3.24. The highest BCUT2D eigenvalue weighted by molar-refractivity contribution is 6.00. The summed E-state index contributed by atoms with van der Waals surface area (Å²) in [6, 6.07) is 13.4. The van der Waals surface area contributed by atoms with Crippen LogP contribution in [0.1, 0.15) is 40.8 Å². The first-order valence-corrected chi connectivity index (χ1v) is 9.40. The van der Waals surface area contributed by atoms with Gasteiger partial charge in [-0.1, -0.05) is 31.2 Å². The molecule has 3 rings (SSSR count). The number of aryl methyl sites for hydroxylation is 1. The Balaban J connectivity index is 1.61. The molecule has 0 radical (unpaired) electrons. The molecule has 5 heteroatoms.